The Morgan fingerprint density at radius 1 is 1.30 bits per heavy atom. The zero-order valence-electron chi connectivity index (χ0n) is 9.98. The summed E-state index contributed by atoms with van der Waals surface area (Å²) >= 11 is 11.8. The molecule has 0 heterocycles. The van der Waals surface area contributed by atoms with Gasteiger partial charge in [-0.15, -0.1) is 11.6 Å². The number of nitro benzene ring substituents is 1. The van der Waals surface area contributed by atoms with E-state index in [1.807, 2.05) is 0 Å². The summed E-state index contributed by atoms with van der Waals surface area (Å²) in [7, 11) is 0. The number of alkyl halides is 1. The van der Waals surface area contributed by atoms with Gasteiger partial charge < -0.3 is 4.74 Å². The second-order valence-electron chi connectivity index (χ2n) is 3.83. The van der Waals surface area contributed by atoms with Crippen molar-refractivity contribution in [3.05, 3.63) is 62.9 Å². The van der Waals surface area contributed by atoms with Gasteiger partial charge in [-0.3, -0.25) is 10.1 Å². The Hall–Kier alpha value is -1.85. The van der Waals surface area contributed by atoms with Crippen LogP contribution in [-0.4, -0.2) is 4.92 Å². The number of halogens is 3. The van der Waals surface area contributed by atoms with Gasteiger partial charge >= 0.3 is 5.69 Å². The highest BCUT2D eigenvalue weighted by Gasteiger charge is 2.16. The maximum absolute atomic E-state index is 13.5. The molecule has 0 atom stereocenters. The quantitative estimate of drug-likeness (QED) is 0.457. The molecule has 0 bridgehead atoms. The molecule has 20 heavy (non-hydrogen) atoms. The Morgan fingerprint density at radius 2 is 2.05 bits per heavy atom. The monoisotopic (exact) mass is 315 g/mol. The van der Waals surface area contributed by atoms with Gasteiger partial charge in [0.1, 0.15) is 11.5 Å². The van der Waals surface area contributed by atoms with Gasteiger partial charge in [0, 0.05) is 17.7 Å². The van der Waals surface area contributed by atoms with Crippen molar-refractivity contribution < 1.29 is 14.1 Å². The molecule has 2 aromatic carbocycles. The average molecular weight is 316 g/mol. The van der Waals surface area contributed by atoms with Gasteiger partial charge in [0.2, 0.25) is 5.82 Å². The first kappa shape index (κ1) is 14.6. The number of para-hydroxylation sites is 1. The van der Waals surface area contributed by atoms with Gasteiger partial charge in [-0.2, -0.15) is 4.39 Å². The summed E-state index contributed by atoms with van der Waals surface area (Å²) in [4.78, 5) is 9.73. The predicted molar refractivity (Wildman–Crippen MR) is 74.1 cm³/mol. The van der Waals surface area contributed by atoms with Gasteiger partial charge in [0.15, 0.2) is 0 Å². The van der Waals surface area contributed by atoms with Crippen molar-refractivity contribution in [1.82, 2.24) is 0 Å². The molecule has 0 fully saturated rings. The fourth-order valence-electron chi connectivity index (χ4n) is 1.59. The second kappa shape index (κ2) is 6.07. The number of ether oxygens (including phenoxy) is 1. The van der Waals surface area contributed by atoms with Crippen LogP contribution >= 0.6 is 23.2 Å². The summed E-state index contributed by atoms with van der Waals surface area (Å²) < 4.78 is 19.0. The smallest absolute Gasteiger partial charge is 0.305 e. The topological polar surface area (TPSA) is 52.4 Å². The van der Waals surface area contributed by atoms with Crippen LogP contribution in [0.3, 0.4) is 0 Å². The molecule has 4 nitrogen and oxygen atoms in total. The standard InChI is InChI=1S/C13H8Cl2FNO3/c14-7-8-2-1-3-10(15)13(8)20-9-4-5-12(17(18)19)11(16)6-9/h1-6H,7H2. The van der Waals surface area contributed by atoms with Gasteiger partial charge in [0.05, 0.1) is 15.8 Å². The predicted octanol–water partition coefficient (Wildman–Crippen LogP) is 4.92. The minimum Gasteiger partial charge on any atom is -0.455 e. The van der Waals surface area contributed by atoms with Crippen LogP contribution in [0.2, 0.25) is 5.02 Å². The molecule has 0 amide bonds. The van der Waals surface area contributed by atoms with Crippen LogP contribution in [0.4, 0.5) is 10.1 Å². The maximum Gasteiger partial charge on any atom is 0.305 e. The third-order valence-corrected chi connectivity index (χ3v) is 3.11. The Balaban J connectivity index is 2.36. The van der Waals surface area contributed by atoms with Crippen LogP contribution in [0.5, 0.6) is 11.5 Å². The molecule has 0 spiro atoms. The highest BCUT2D eigenvalue weighted by atomic mass is 35.5. The molecule has 2 rings (SSSR count). The molecule has 0 saturated carbocycles. The van der Waals surface area contributed by atoms with E-state index in [1.165, 1.54) is 6.07 Å². The van der Waals surface area contributed by atoms with E-state index in [2.05, 4.69) is 0 Å². The largest absolute Gasteiger partial charge is 0.455 e. The molecule has 7 heteroatoms. The number of hydrogen-bond donors (Lipinski definition) is 0. The normalized spacial score (nSPS) is 10.3. The van der Waals surface area contributed by atoms with Crippen molar-refractivity contribution in [2.24, 2.45) is 0 Å². The lowest BCUT2D eigenvalue weighted by molar-refractivity contribution is -0.387. The van der Waals surface area contributed by atoms with Crippen molar-refractivity contribution in [2.75, 3.05) is 0 Å². The van der Waals surface area contributed by atoms with Crippen molar-refractivity contribution >= 4 is 28.9 Å². The molecule has 0 aliphatic rings. The third-order valence-electron chi connectivity index (χ3n) is 2.53. The summed E-state index contributed by atoms with van der Waals surface area (Å²) in [6.07, 6.45) is 0. The van der Waals surface area contributed by atoms with Gasteiger partial charge in [-0.25, -0.2) is 0 Å². The first-order chi connectivity index (χ1) is 9.52. The summed E-state index contributed by atoms with van der Waals surface area (Å²) in [5, 5.41) is 10.9. The fourth-order valence-corrected chi connectivity index (χ4v) is 2.03. The second-order valence-corrected chi connectivity index (χ2v) is 4.51. The van der Waals surface area contributed by atoms with E-state index in [0.717, 1.165) is 12.1 Å². The Kier molecular flexibility index (Phi) is 4.42. The lowest BCUT2D eigenvalue weighted by Crippen LogP contribution is -1.95. The maximum atomic E-state index is 13.5. The average Bonchev–Trinajstić information content (AvgIpc) is 2.40. The summed E-state index contributed by atoms with van der Waals surface area (Å²) in [6.45, 7) is 0. The minimum absolute atomic E-state index is 0.104. The minimum atomic E-state index is -0.980. The first-order valence-electron chi connectivity index (χ1n) is 5.48. The van der Waals surface area contributed by atoms with Crippen molar-refractivity contribution in [2.45, 2.75) is 5.88 Å². The highest BCUT2D eigenvalue weighted by molar-refractivity contribution is 6.32. The van der Waals surface area contributed by atoms with E-state index in [-0.39, 0.29) is 11.6 Å². The van der Waals surface area contributed by atoms with E-state index >= 15 is 0 Å². The molecule has 0 aromatic heterocycles. The van der Waals surface area contributed by atoms with Gasteiger partial charge in [-0.1, -0.05) is 23.7 Å². The number of hydrogen-bond acceptors (Lipinski definition) is 3. The fraction of sp³-hybridized carbons (Fsp3) is 0.0769. The number of nitrogens with zero attached hydrogens (tertiary/aromatic N) is 1. The Bertz CT molecular complexity index is 664. The van der Waals surface area contributed by atoms with Crippen LogP contribution in [0, 0.1) is 15.9 Å². The van der Waals surface area contributed by atoms with Crippen molar-refractivity contribution in [3.8, 4) is 11.5 Å². The summed E-state index contributed by atoms with van der Waals surface area (Å²) in [6, 6.07) is 8.29. The van der Waals surface area contributed by atoms with Crippen LogP contribution < -0.4 is 4.74 Å². The van der Waals surface area contributed by atoms with Crippen molar-refractivity contribution in [1.29, 1.82) is 0 Å². The van der Waals surface area contributed by atoms with E-state index < -0.39 is 16.4 Å². The number of rotatable bonds is 4. The first-order valence-corrected chi connectivity index (χ1v) is 6.39. The molecule has 2 aromatic rings. The van der Waals surface area contributed by atoms with Crippen LogP contribution in [-0.2, 0) is 5.88 Å². The number of benzene rings is 2. The molecule has 0 aliphatic carbocycles. The van der Waals surface area contributed by atoms with E-state index in [0.29, 0.717) is 16.3 Å². The molecule has 104 valence electrons. The molecule has 0 radical (unpaired) electrons. The Labute approximate surface area is 123 Å². The van der Waals surface area contributed by atoms with Crippen LogP contribution in [0.25, 0.3) is 0 Å². The van der Waals surface area contributed by atoms with Crippen LogP contribution in [0.15, 0.2) is 36.4 Å². The summed E-state index contributed by atoms with van der Waals surface area (Å²) in [5.41, 5.74) is 0.0204. The van der Waals surface area contributed by atoms with E-state index in [4.69, 9.17) is 27.9 Å². The highest BCUT2D eigenvalue weighted by Crippen LogP contribution is 2.35. The SMILES string of the molecule is O=[N+]([O-])c1ccc(Oc2c(Cl)cccc2CCl)cc1F. The molecular weight excluding hydrogens is 308 g/mol. The van der Waals surface area contributed by atoms with Crippen molar-refractivity contribution in [3.63, 3.8) is 0 Å². The molecule has 0 saturated heterocycles. The summed E-state index contributed by atoms with van der Waals surface area (Å²) in [5.74, 6) is -0.400. The molecule has 0 aliphatic heterocycles. The number of nitro groups is 1. The Morgan fingerprint density at radius 3 is 2.65 bits per heavy atom. The third kappa shape index (κ3) is 3.00. The van der Waals surface area contributed by atoms with Gasteiger partial charge in [0.25, 0.3) is 0 Å². The molecular formula is C13H8Cl2FNO3. The molecule has 0 N–H and O–H groups in total. The lowest BCUT2D eigenvalue weighted by atomic mass is 10.2. The zero-order valence-corrected chi connectivity index (χ0v) is 11.5. The zero-order chi connectivity index (χ0) is 14.7. The van der Waals surface area contributed by atoms with Gasteiger partial charge in [-0.05, 0) is 12.1 Å². The van der Waals surface area contributed by atoms with E-state index in [9.17, 15) is 14.5 Å². The lowest BCUT2D eigenvalue weighted by Gasteiger charge is -2.11. The van der Waals surface area contributed by atoms with Crippen LogP contribution in [0.1, 0.15) is 5.56 Å². The van der Waals surface area contributed by atoms with E-state index in [1.54, 1.807) is 18.2 Å². The molecule has 0 unspecified atom stereocenters.